The molecular weight excluding hydrogens is 592 g/mol. The summed E-state index contributed by atoms with van der Waals surface area (Å²) in [6.45, 7) is 6.28. The minimum Gasteiger partial charge on any atom is -0.350 e. The van der Waals surface area contributed by atoms with E-state index < -0.39 is 40.0 Å². The van der Waals surface area contributed by atoms with Gasteiger partial charge in [0.05, 0.1) is 37.1 Å². The molecule has 0 saturated carbocycles. The van der Waals surface area contributed by atoms with Gasteiger partial charge in [-0.25, -0.2) is 8.42 Å². The number of anilines is 1. The Hall–Kier alpha value is -1.42. The molecule has 2 aromatic carbocycles. The van der Waals surface area contributed by atoms with Crippen molar-refractivity contribution in [2.75, 3.05) is 17.1 Å². The van der Waals surface area contributed by atoms with Crippen LogP contribution in [0.15, 0.2) is 30.3 Å². The lowest BCUT2D eigenvalue weighted by Crippen LogP contribution is -2.54. The fourth-order valence-corrected chi connectivity index (χ4v) is 5.06. The Bertz CT molecular complexity index is 1270. The first-order chi connectivity index (χ1) is 16.4. The molecule has 0 radical (unpaired) electrons. The molecule has 0 aliphatic carbocycles. The molecule has 0 fully saturated rings. The third-order valence-electron chi connectivity index (χ3n) is 4.94. The number of benzene rings is 2. The minimum atomic E-state index is -4.00. The van der Waals surface area contributed by atoms with E-state index in [1.807, 2.05) is 0 Å². The van der Waals surface area contributed by atoms with Gasteiger partial charge in [0.2, 0.25) is 21.8 Å². The Morgan fingerprint density at radius 3 is 2.00 bits per heavy atom. The molecule has 0 saturated heterocycles. The number of carbonyl (C=O) groups is 2. The quantitative estimate of drug-likeness (QED) is 0.366. The van der Waals surface area contributed by atoms with E-state index in [1.54, 1.807) is 45.9 Å². The summed E-state index contributed by atoms with van der Waals surface area (Å²) in [5.41, 5.74) is 0.00515. The number of hydrogen-bond donors (Lipinski definition) is 1. The lowest BCUT2D eigenvalue weighted by molar-refractivity contribution is -0.140. The summed E-state index contributed by atoms with van der Waals surface area (Å²) in [4.78, 5) is 27.8. The molecule has 1 N–H and O–H groups in total. The predicted molar refractivity (Wildman–Crippen MR) is 148 cm³/mol. The van der Waals surface area contributed by atoms with Crippen LogP contribution in [0.5, 0.6) is 0 Å². The molecule has 36 heavy (non-hydrogen) atoms. The van der Waals surface area contributed by atoms with Crippen LogP contribution in [0.25, 0.3) is 0 Å². The van der Waals surface area contributed by atoms with E-state index in [4.69, 9.17) is 58.0 Å². The molecule has 0 spiro atoms. The van der Waals surface area contributed by atoms with Gasteiger partial charge in [-0.1, -0.05) is 64.1 Å². The molecule has 0 aliphatic heterocycles. The van der Waals surface area contributed by atoms with Crippen LogP contribution in [0.1, 0.15) is 33.3 Å². The summed E-state index contributed by atoms with van der Waals surface area (Å²) in [5, 5.41) is 3.60. The van der Waals surface area contributed by atoms with E-state index in [0.29, 0.717) is 10.6 Å². The van der Waals surface area contributed by atoms with Crippen molar-refractivity contribution in [2.24, 2.45) is 0 Å². The second kappa shape index (κ2) is 12.0. The monoisotopic (exact) mass is 615 g/mol. The Balaban J connectivity index is 2.50. The van der Waals surface area contributed by atoms with E-state index in [-0.39, 0.29) is 32.3 Å². The van der Waals surface area contributed by atoms with Gasteiger partial charge in [-0.2, -0.15) is 0 Å². The van der Waals surface area contributed by atoms with Gasteiger partial charge >= 0.3 is 0 Å². The van der Waals surface area contributed by atoms with E-state index in [0.717, 1.165) is 10.6 Å². The van der Waals surface area contributed by atoms with Crippen LogP contribution in [-0.4, -0.2) is 49.5 Å². The summed E-state index contributed by atoms with van der Waals surface area (Å²) in [5.74, 6) is -1.08. The maximum absolute atomic E-state index is 13.6. The normalized spacial score (nSPS) is 12.7. The van der Waals surface area contributed by atoms with E-state index in [2.05, 4.69) is 5.32 Å². The fraction of sp³-hybridized carbons (Fsp3) is 0.391. The molecule has 2 rings (SSSR count). The van der Waals surface area contributed by atoms with Crippen molar-refractivity contribution in [1.29, 1.82) is 0 Å². The van der Waals surface area contributed by atoms with Crippen LogP contribution < -0.4 is 9.62 Å². The maximum Gasteiger partial charge on any atom is 0.244 e. The summed E-state index contributed by atoms with van der Waals surface area (Å²) in [7, 11) is -4.00. The number of rotatable bonds is 8. The molecule has 1 unspecified atom stereocenters. The van der Waals surface area contributed by atoms with Crippen LogP contribution in [0.2, 0.25) is 25.1 Å². The third-order valence-corrected chi connectivity index (χ3v) is 7.83. The lowest BCUT2D eigenvalue weighted by atomic mass is 10.1. The largest absolute Gasteiger partial charge is 0.350 e. The highest BCUT2D eigenvalue weighted by molar-refractivity contribution is 7.92. The second-order valence-electron chi connectivity index (χ2n) is 9.17. The van der Waals surface area contributed by atoms with Crippen molar-refractivity contribution in [3.63, 3.8) is 0 Å². The summed E-state index contributed by atoms with van der Waals surface area (Å²) in [6, 6.07) is 6.39. The predicted octanol–water partition coefficient (Wildman–Crippen LogP) is 6.05. The van der Waals surface area contributed by atoms with Gasteiger partial charge < -0.3 is 10.2 Å². The maximum atomic E-state index is 13.6. The molecule has 2 aromatic rings. The standard InChI is InChI=1S/C23H26Cl5N3O4S/c1-13(22(33)29-23(2,3)4)30(11-14-6-7-15(24)16(25)8-14)21(32)12-31(36(5,34)35)20-10-18(27)17(26)9-19(20)28/h6-10,13H,11-12H2,1-5H3,(H,29,33). The van der Waals surface area contributed by atoms with Crippen molar-refractivity contribution in [3.8, 4) is 0 Å². The van der Waals surface area contributed by atoms with Crippen LogP contribution >= 0.6 is 58.0 Å². The molecule has 0 aliphatic rings. The number of amides is 2. The number of nitrogens with zero attached hydrogens (tertiary/aromatic N) is 2. The average molecular weight is 618 g/mol. The Morgan fingerprint density at radius 1 is 0.917 bits per heavy atom. The fourth-order valence-electron chi connectivity index (χ4n) is 3.19. The number of carbonyl (C=O) groups excluding carboxylic acids is 2. The zero-order valence-corrected chi connectivity index (χ0v) is 24.8. The highest BCUT2D eigenvalue weighted by Crippen LogP contribution is 2.35. The summed E-state index contributed by atoms with van der Waals surface area (Å²) in [6.07, 6.45) is 0.929. The van der Waals surface area contributed by atoms with Gasteiger partial charge in [0.1, 0.15) is 12.6 Å². The Morgan fingerprint density at radius 2 is 1.47 bits per heavy atom. The van der Waals surface area contributed by atoms with Crippen molar-refractivity contribution < 1.29 is 18.0 Å². The van der Waals surface area contributed by atoms with Gasteiger partial charge in [-0.3, -0.25) is 13.9 Å². The van der Waals surface area contributed by atoms with E-state index in [9.17, 15) is 18.0 Å². The first-order valence-electron chi connectivity index (χ1n) is 10.6. The highest BCUT2D eigenvalue weighted by Gasteiger charge is 2.32. The van der Waals surface area contributed by atoms with E-state index >= 15 is 0 Å². The van der Waals surface area contributed by atoms with Crippen molar-refractivity contribution in [1.82, 2.24) is 10.2 Å². The molecule has 1 atom stereocenters. The molecule has 0 aromatic heterocycles. The Labute approximate surface area is 236 Å². The van der Waals surface area contributed by atoms with Crippen LogP contribution in [0, 0.1) is 0 Å². The summed E-state index contributed by atoms with van der Waals surface area (Å²) < 4.78 is 26.2. The smallest absolute Gasteiger partial charge is 0.244 e. The number of halogens is 5. The van der Waals surface area contributed by atoms with Crippen molar-refractivity contribution in [2.45, 2.75) is 45.8 Å². The first kappa shape index (κ1) is 30.8. The molecule has 0 bridgehead atoms. The van der Waals surface area contributed by atoms with Crippen LogP contribution in [0.4, 0.5) is 5.69 Å². The van der Waals surface area contributed by atoms with Crippen molar-refractivity contribution >= 4 is 85.5 Å². The SMILES string of the molecule is CC(C(=O)NC(C)(C)C)N(Cc1ccc(Cl)c(Cl)c1)C(=O)CN(c1cc(Cl)c(Cl)cc1Cl)S(C)(=O)=O. The zero-order valence-electron chi connectivity index (χ0n) is 20.2. The van der Waals surface area contributed by atoms with E-state index in [1.165, 1.54) is 17.0 Å². The number of hydrogen-bond acceptors (Lipinski definition) is 4. The zero-order chi connectivity index (χ0) is 27.6. The molecule has 0 heterocycles. The lowest BCUT2D eigenvalue weighted by Gasteiger charge is -2.33. The van der Waals surface area contributed by atoms with Gasteiger partial charge in [0.15, 0.2) is 0 Å². The van der Waals surface area contributed by atoms with Gasteiger partial charge in [-0.05, 0) is 57.5 Å². The topological polar surface area (TPSA) is 86.8 Å². The number of sulfonamides is 1. The highest BCUT2D eigenvalue weighted by atomic mass is 35.5. The Kier molecular flexibility index (Phi) is 10.2. The van der Waals surface area contributed by atoms with Gasteiger partial charge in [0.25, 0.3) is 0 Å². The molecule has 7 nitrogen and oxygen atoms in total. The number of nitrogens with one attached hydrogen (secondary N) is 1. The minimum absolute atomic E-state index is 0.0165. The second-order valence-corrected chi connectivity index (χ2v) is 13.1. The first-order valence-corrected chi connectivity index (χ1v) is 14.3. The molecule has 13 heteroatoms. The molecule has 198 valence electrons. The average Bonchev–Trinajstić information content (AvgIpc) is 2.73. The molecule has 2 amide bonds. The third kappa shape index (κ3) is 8.30. The molecular formula is C23H26Cl5N3O4S. The van der Waals surface area contributed by atoms with Crippen LogP contribution in [0.3, 0.4) is 0 Å². The van der Waals surface area contributed by atoms with Crippen LogP contribution in [-0.2, 0) is 26.2 Å². The van der Waals surface area contributed by atoms with Gasteiger partial charge in [0, 0.05) is 12.1 Å². The van der Waals surface area contributed by atoms with Crippen molar-refractivity contribution in [3.05, 3.63) is 61.0 Å². The van der Waals surface area contributed by atoms with Gasteiger partial charge in [-0.15, -0.1) is 0 Å². The summed E-state index contributed by atoms with van der Waals surface area (Å²) >= 11 is 30.5.